The molecule has 3 aromatic rings. The summed E-state index contributed by atoms with van der Waals surface area (Å²) in [5.74, 6) is -1.01. The zero-order valence-corrected chi connectivity index (χ0v) is 26.6. The van der Waals surface area contributed by atoms with Gasteiger partial charge in [-0.1, -0.05) is 40.7 Å². The van der Waals surface area contributed by atoms with Gasteiger partial charge in [-0.2, -0.15) is 4.98 Å². The maximum Gasteiger partial charge on any atom is 0.316 e. The number of benzene rings is 1. The van der Waals surface area contributed by atoms with E-state index in [1.807, 2.05) is 13.8 Å². The van der Waals surface area contributed by atoms with E-state index in [0.717, 1.165) is 17.3 Å². The van der Waals surface area contributed by atoms with E-state index in [-0.39, 0.29) is 47.7 Å². The van der Waals surface area contributed by atoms with Crippen molar-refractivity contribution in [1.29, 1.82) is 0 Å². The molecule has 13 heteroatoms. The highest BCUT2D eigenvalue weighted by Gasteiger charge is 2.56. The first-order valence-electron chi connectivity index (χ1n) is 14.4. The SMILES string of the molecule is CC(C)c1nc(O[C@H]2CN3c4cc(-c5cccc(F)c5O)nnc4NC[C@]3(C(F)F)C2)ncc1CO[Si](C)(C)C(C)(C)C. The second-order valence-electron chi connectivity index (χ2n) is 13.2. The summed E-state index contributed by atoms with van der Waals surface area (Å²) < 4.78 is 56.2. The molecule has 2 atom stereocenters. The second kappa shape index (κ2) is 11.2. The average molecular weight is 617 g/mol. The van der Waals surface area contributed by atoms with Crippen molar-refractivity contribution in [2.45, 2.75) is 89.8 Å². The minimum atomic E-state index is -2.72. The number of phenols is 1. The van der Waals surface area contributed by atoms with Gasteiger partial charge in [-0.3, -0.25) is 0 Å². The fourth-order valence-electron chi connectivity index (χ4n) is 5.32. The van der Waals surface area contributed by atoms with Crippen molar-refractivity contribution >= 4 is 19.8 Å². The van der Waals surface area contributed by atoms with E-state index in [9.17, 15) is 18.3 Å². The fraction of sp³-hybridized carbons (Fsp3) is 0.533. The Hall–Kier alpha value is -3.45. The van der Waals surface area contributed by atoms with Crippen molar-refractivity contribution in [2.75, 3.05) is 23.3 Å². The summed E-state index contributed by atoms with van der Waals surface area (Å²) in [7, 11) is -2.00. The molecule has 1 aromatic carbocycles. The summed E-state index contributed by atoms with van der Waals surface area (Å²) in [6.45, 7) is 15.4. The van der Waals surface area contributed by atoms with Gasteiger partial charge in [0.25, 0.3) is 6.43 Å². The largest absolute Gasteiger partial charge is 0.504 e. The van der Waals surface area contributed by atoms with Crippen molar-refractivity contribution in [3.63, 3.8) is 0 Å². The van der Waals surface area contributed by atoms with E-state index < -0.39 is 38.0 Å². The predicted molar refractivity (Wildman–Crippen MR) is 161 cm³/mol. The number of nitrogens with zero attached hydrogens (tertiary/aromatic N) is 5. The number of para-hydroxylation sites is 1. The number of anilines is 2. The van der Waals surface area contributed by atoms with E-state index >= 15 is 0 Å². The number of rotatable bonds is 8. The molecule has 43 heavy (non-hydrogen) atoms. The van der Waals surface area contributed by atoms with Gasteiger partial charge in [-0.15, -0.1) is 10.2 Å². The highest BCUT2D eigenvalue weighted by atomic mass is 28.4. The van der Waals surface area contributed by atoms with Crippen LogP contribution in [0.5, 0.6) is 11.8 Å². The highest BCUT2D eigenvalue weighted by molar-refractivity contribution is 6.74. The molecule has 0 bridgehead atoms. The number of hydrogen-bond acceptors (Lipinski definition) is 9. The van der Waals surface area contributed by atoms with Crippen LogP contribution in [0.3, 0.4) is 0 Å². The molecule has 232 valence electrons. The molecule has 0 spiro atoms. The van der Waals surface area contributed by atoms with Gasteiger partial charge in [0.2, 0.25) is 0 Å². The lowest BCUT2D eigenvalue weighted by atomic mass is 9.93. The molecule has 1 saturated heterocycles. The van der Waals surface area contributed by atoms with Crippen LogP contribution >= 0.6 is 0 Å². The third-order valence-corrected chi connectivity index (χ3v) is 13.4. The quantitative estimate of drug-likeness (QED) is 0.274. The van der Waals surface area contributed by atoms with E-state index in [0.29, 0.717) is 18.1 Å². The maximum absolute atomic E-state index is 14.8. The normalized spacial score (nSPS) is 20.3. The number of ether oxygens (including phenoxy) is 1. The number of aromatic hydroxyl groups is 1. The van der Waals surface area contributed by atoms with Crippen LogP contribution in [0, 0.1) is 5.82 Å². The third kappa shape index (κ3) is 5.76. The smallest absolute Gasteiger partial charge is 0.316 e. The van der Waals surface area contributed by atoms with Crippen molar-refractivity contribution in [1.82, 2.24) is 20.2 Å². The first-order valence-corrected chi connectivity index (χ1v) is 17.4. The van der Waals surface area contributed by atoms with Gasteiger partial charge in [0.05, 0.1) is 30.2 Å². The number of alkyl halides is 2. The van der Waals surface area contributed by atoms with Gasteiger partial charge < -0.3 is 24.5 Å². The van der Waals surface area contributed by atoms with Gasteiger partial charge in [-0.25, -0.2) is 18.2 Å². The molecular weight excluding hydrogens is 577 g/mol. The predicted octanol–water partition coefficient (Wildman–Crippen LogP) is 6.51. The second-order valence-corrected chi connectivity index (χ2v) is 18.0. The van der Waals surface area contributed by atoms with Crippen molar-refractivity contribution < 1.29 is 27.4 Å². The van der Waals surface area contributed by atoms with E-state index in [1.165, 1.54) is 18.2 Å². The molecule has 0 saturated carbocycles. The number of aromatic nitrogens is 4. The van der Waals surface area contributed by atoms with Crippen LogP contribution in [-0.2, 0) is 11.0 Å². The summed E-state index contributed by atoms with van der Waals surface area (Å²) >= 11 is 0. The average Bonchev–Trinajstić information content (AvgIpc) is 3.33. The number of phenolic OH excluding ortho intramolecular Hbond substituents is 1. The number of hydrogen-bond donors (Lipinski definition) is 2. The van der Waals surface area contributed by atoms with Gasteiger partial charge in [0.15, 0.2) is 25.7 Å². The monoisotopic (exact) mass is 616 g/mol. The van der Waals surface area contributed by atoms with Gasteiger partial charge in [0.1, 0.15) is 11.6 Å². The lowest BCUT2D eigenvalue weighted by Crippen LogP contribution is -2.57. The molecule has 4 heterocycles. The van der Waals surface area contributed by atoms with Crippen molar-refractivity contribution in [2.24, 2.45) is 0 Å². The van der Waals surface area contributed by atoms with E-state index in [4.69, 9.17) is 14.1 Å². The zero-order valence-electron chi connectivity index (χ0n) is 25.6. The van der Waals surface area contributed by atoms with Crippen LogP contribution in [-0.4, -0.2) is 64.7 Å². The minimum absolute atomic E-state index is 0.0105. The molecule has 9 nitrogen and oxygen atoms in total. The van der Waals surface area contributed by atoms with Gasteiger partial charge in [-0.05, 0) is 42.2 Å². The molecule has 2 aromatic heterocycles. The zero-order chi connectivity index (χ0) is 31.3. The Balaban J connectivity index is 1.41. The standard InChI is InChI=1S/C30H39F3N6O3Si/c1-17(2)24-18(15-41-43(6,7)29(3,4)5)13-34-28(36-24)42-19-12-30(27(32)33)16-35-26-23(39(30)14-19)11-22(37-38-26)20-9-8-10-21(31)25(20)40/h8-11,13,17,19,27,40H,12,14-16H2,1-7H3,(H,35,38)/t19-,30+/m1/s1. The fourth-order valence-corrected chi connectivity index (χ4v) is 6.27. The molecule has 2 N–H and O–H groups in total. The molecule has 2 aliphatic heterocycles. The number of halogens is 3. The molecule has 0 unspecified atom stereocenters. The van der Waals surface area contributed by atoms with Crippen LogP contribution in [0.2, 0.25) is 18.1 Å². The summed E-state index contributed by atoms with van der Waals surface area (Å²) in [5.41, 5.74) is 0.734. The summed E-state index contributed by atoms with van der Waals surface area (Å²) in [4.78, 5) is 10.7. The Morgan fingerprint density at radius 3 is 2.63 bits per heavy atom. The number of nitrogens with one attached hydrogen (secondary N) is 1. The molecule has 5 rings (SSSR count). The molecule has 0 aliphatic carbocycles. The van der Waals surface area contributed by atoms with Crippen LogP contribution in [0.25, 0.3) is 11.3 Å². The van der Waals surface area contributed by atoms with Crippen LogP contribution in [0.1, 0.15) is 58.2 Å². The van der Waals surface area contributed by atoms with Crippen LogP contribution in [0.4, 0.5) is 24.7 Å². The first kappa shape index (κ1) is 31.0. The van der Waals surface area contributed by atoms with Gasteiger partial charge >= 0.3 is 6.01 Å². The van der Waals surface area contributed by atoms with E-state index in [1.54, 1.807) is 11.1 Å². The molecule has 2 aliphatic rings. The maximum atomic E-state index is 14.8. The lowest BCUT2D eigenvalue weighted by Gasteiger charge is -2.43. The molecule has 1 fully saturated rings. The van der Waals surface area contributed by atoms with Crippen LogP contribution in [0.15, 0.2) is 30.5 Å². The summed E-state index contributed by atoms with van der Waals surface area (Å²) in [5, 5.41) is 21.5. The van der Waals surface area contributed by atoms with Crippen LogP contribution < -0.4 is 15.0 Å². The van der Waals surface area contributed by atoms with Crippen molar-refractivity contribution in [3.8, 4) is 23.0 Å². The summed E-state index contributed by atoms with van der Waals surface area (Å²) in [6, 6.07) is 5.71. The number of fused-ring (bicyclic) bond motifs is 3. The highest BCUT2D eigenvalue weighted by Crippen LogP contribution is 2.46. The Labute approximate surface area is 251 Å². The summed E-state index contributed by atoms with van der Waals surface area (Å²) in [6.07, 6.45) is -1.64. The molecule has 0 amide bonds. The van der Waals surface area contributed by atoms with Crippen molar-refractivity contribution in [3.05, 3.63) is 47.5 Å². The first-order chi connectivity index (χ1) is 20.1. The molecule has 0 radical (unpaired) electrons. The lowest BCUT2D eigenvalue weighted by molar-refractivity contribution is 0.0524. The van der Waals surface area contributed by atoms with E-state index in [2.05, 4.69) is 54.4 Å². The molecular formula is C30H39F3N6O3Si. The topological polar surface area (TPSA) is 106 Å². The van der Waals surface area contributed by atoms with Gasteiger partial charge in [0, 0.05) is 30.3 Å². The Morgan fingerprint density at radius 2 is 1.95 bits per heavy atom. The Morgan fingerprint density at radius 1 is 1.21 bits per heavy atom. The Kier molecular flexibility index (Phi) is 8.10. The Bertz CT molecular complexity index is 1500. The third-order valence-electron chi connectivity index (χ3n) is 8.89. The minimum Gasteiger partial charge on any atom is -0.504 e.